The molecule has 2 aromatic carbocycles. The lowest BCUT2D eigenvalue weighted by atomic mass is 10.3. The van der Waals surface area contributed by atoms with Gasteiger partial charge in [-0.1, -0.05) is 36.0 Å². The van der Waals surface area contributed by atoms with E-state index in [0.29, 0.717) is 17.1 Å². The van der Waals surface area contributed by atoms with Crippen LogP contribution in [0.1, 0.15) is 6.42 Å². The highest BCUT2D eigenvalue weighted by atomic mass is 32.2. The number of aliphatic imine (C=N–C) groups is 1. The Morgan fingerprint density at radius 3 is 2.68 bits per heavy atom. The SMILES string of the molecule is COc1cccc(N2C(=O)CC(SC(N)=Nc3ccccc3)C2=O)c1. The van der Waals surface area contributed by atoms with Gasteiger partial charge in [0, 0.05) is 12.5 Å². The van der Waals surface area contributed by atoms with E-state index >= 15 is 0 Å². The van der Waals surface area contributed by atoms with Crippen LogP contribution in [0.25, 0.3) is 0 Å². The standard InChI is InChI=1S/C18H17N3O3S/c1-24-14-9-5-8-13(10-14)21-16(22)11-15(17(21)23)25-18(19)20-12-6-3-2-4-7-12/h2-10,15H,11H2,1H3,(H2,19,20). The summed E-state index contributed by atoms with van der Waals surface area (Å²) in [5.74, 6) is 0.0251. The summed E-state index contributed by atoms with van der Waals surface area (Å²) in [6.45, 7) is 0. The van der Waals surface area contributed by atoms with E-state index in [-0.39, 0.29) is 23.4 Å². The average molecular weight is 355 g/mol. The van der Waals surface area contributed by atoms with E-state index in [0.717, 1.165) is 11.8 Å². The van der Waals surface area contributed by atoms with Gasteiger partial charge in [-0.2, -0.15) is 0 Å². The summed E-state index contributed by atoms with van der Waals surface area (Å²) in [5, 5.41) is -0.323. The van der Waals surface area contributed by atoms with E-state index in [1.165, 1.54) is 12.0 Å². The Morgan fingerprint density at radius 2 is 1.96 bits per heavy atom. The fourth-order valence-electron chi connectivity index (χ4n) is 2.52. The van der Waals surface area contributed by atoms with Crippen LogP contribution in [0.5, 0.6) is 5.75 Å². The lowest BCUT2D eigenvalue weighted by Crippen LogP contribution is -2.31. The molecule has 25 heavy (non-hydrogen) atoms. The molecule has 1 aliphatic heterocycles. The lowest BCUT2D eigenvalue weighted by Gasteiger charge is -2.15. The molecule has 0 spiro atoms. The van der Waals surface area contributed by atoms with Crippen LogP contribution in [0.2, 0.25) is 0 Å². The van der Waals surface area contributed by atoms with Crippen LogP contribution in [0.4, 0.5) is 11.4 Å². The van der Waals surface area contributed by atoms with Crippen molar-refractivity contribution in [3.8, 4) is 5.75 Å². The third-order valence-electron chi connectivity index (χ3n) is 3.68. The molecular weight excluding hydrogens is 338 g/mol. The van der Waals surface area contributed by atoms with Gasteiger partial charge >= 0.3 is 0 Å². The van der Waals surface area contributed by atoms with Gasteiger partial charge in [0.1, 0.15) is 11.0 Å². The van der Waals surface area contributed by atoms with E-state index in [1.807, 2.05) is 30.3 Å². The molecular formula is C18H17N3O3S. The van der Waals surface area contributed by atoms with Crippen molar-refractivity contribution in [3.05, 3.63) is 54.6 Å². The Kier molecular flexibility index (Phi) is 5.04. The maximum atomic E-state index is 12.6. The molecule has 6 nitrogen and oxygen atoms in total. The van der Waals surface area contributed by atoms with Crippen LogP contribution < -0.4 is 15.4 Å². The summed E-state index contributed by atoms with van der Waals surface area (Å²) >= 11 is 1.11. The van der Waals surface area contributed by atoms with Crippen molar-refractivity contribution < 1.29 is 14.3 Å². The Labute approximate surface area is 149 Å². The quantitative estimate of drug-likeness (QED) is 0.518. The van der Waals surface area contributed by atoms with E-state index in [1.54, 1.807) is 24.3 Å². The van der Waals surface area contributed by atoms with Gasteiger partial charge in [-0.15, -0.1) is 0 Å². The highest BCUT2D eigenvalue weighted by Gasteiger charge is 2.40. The summed E-state index contributed by atoms with van der Waals surface area (Å²) in [6, 6.07) is 16.1. The van der Waals surface area contributed by atoms with Gasteiger partial charge in [0.15, 0.2) is 5.17 Å². The van der Waals surface area contributed by atoms with Crippen molar-refractivity contribution in [1.29, 1.82) is 0 Å². The summed E-state index contributed by atoms with van der Waals surface area (Å²) in [6.07, 6.45) is 0.0890. The van der Waals surface area contributed by atoms with Crippen molar-refractivity contribution in [2.24, 2.45) is 10.7 Å². The Morgan fingerprint density at radius 1 is 1.20 bits per heavy atom. The van der Waals surface area contributed by atoms with E-state index in [2.05, 4.69) is 4.99 Å². The van der Waals surface area contributed by atoms with Crippen LogP contribution in [-0.2, 0) is 9.59 Å². The van der Waals surface area contributed by atoms with Crippen LogP contribution in [0.15, 0.2) is 59.6 Å². The summed E-state index contributed by atoms with van der Waals surface area (Å²) in [7, 11) is 1.53. The van der Waals surface area contributed by atoms with Crippen molar-refractivity contribution in [2.75, 3.05) is 12.0 Å². The molecule has 0 aromatic heterocycles. The Bertz CT molecular complexity index is 823. The zero-order chi connectivity index (χ0) is 17.8. The number of ether oxygens (including phenoxy) is 1. The molecule has 0 radical (unpaired) electrons. The number of para-hydroxylation sites is 1. The summed E-state index contributed by atoms with van der Waals surface area (Å²) in [5.41, 5.74) is 7.13. The smallest absolute Gasteiger partial charge is 0.247 e. The van der Waals surface area contributed by atoms with Crippen LogP contribution in [0.3, 0.4) is 0 Å². The minimum atomic E-state index is -0.578. The van der Waals surface area contributed by atoms with Crippen molar-refractivity contribution in [1.82, 2.24) is 0 Å². The predicted octanol–water partition coefficient (Wildman–Crippen LogP) is 2.71. The van der Waals surface area contributed by atoms with Gasteiger partial charge in [-0.25, -0.2) is 9.89 Å². The van der Waals surface area contributed by atoms with Crippen molar-refractivity contribution in [2.45, 2.75) is 11.7 Å². The maximum absolute atomic E-state index is 12.6. The summed E-state index contributed by atoms with van der Waals surface area (Å²) < 4.78 is 5.15. The molecule has 7 heteroatoms. The minimum Gasteiger partial charge on any atom is -0.497 e. The Hall–Kier alpha value is -2.80. The molecule has 2 N–H and O–H groups in total. The van der Waals surface area contributed by atoms with Gasteiger partial charge in [0.25, 0.3) is 0 Å². The van der Waals surface area contributed by atoms with E-state index < -0.39 is 5.25 Å². The number of anilines is 1. The van der Waals surface area contributed by atoms with Crippen LogP contribution in [0, 0.1) is 0 Å². The number of thioether (sulfide) groups is 1. The first-order valence-corrected chi connectivity index (χ1v) is 8.53. The number of carbonyl (C=O) groups excluding carboxylic acids is 2. The van der Waals surface area contributed by atoms with Gasteiger partial charge < -0.3 is 10.5 Å². The number of benzene rings is 2. The predicted molar refractivity (Wildman–Crippen MR) is 99.2 cm³/mol. The van der Waals surface area contributed by atoms with Gasteiger partial charge in [-0.05, 0) is 24.3 Å². The molecule has 1 aliphatic rings. The number of methoxy groups -OCH3 is 1. The highest BCUT2D eigenvalue weighted by Crippen LogP contribution is 2.31. The molecule has 0 aliphatic carbocycles. The minimum absolute atomic E-state index is 0.0890. The largest absolute Gasteiger partial charge is 0.497 e. The first-order chi connectivity index (χ1) is 12.1. The molecule has 3 rings (SSSR count). The fraction of sp³-hybridized carbons (Fsp3) is 0.167. The molecule has 2 aromatic rings. The van der Waals surface area contributed by atoms with E-state index in [9.17, 15) is 9.59 Å². The number of nitrogens with zero attached hydrogens (tertiary/aromatic N) is 2. The number of amides is 2. The molecule has 0 bridgehead atoms. The zero-order valence-corrected chi connectivity index (χ0v) is 14.4. The molecule has 2 amide bonds. The molecule has 1 atom stereocenters. The summed E-state index contributed by atoms with van der Waals surface area (Å²) in [4.78, 5) is 30.4. The monoisotopic (exact) mass is 355 g/mol. The number of hydrogen-bond donors (Lipinski definition) is 1. The maximum Gasteiger partial charge on any atom is 0.247 e. The third kappa shape index (κ3) is 3.83. The topological polar surface area (TPSA) is 85.0 Å². The van der Waals surface area contributed by atoms with Gasteiger partial charge in [0.2, 0.25) is 11.8 Å². The highest BCUT2D eigenvalue weighted by molar-refractivity contribution is 8.15. The average Bonchev–Trinajstić information content (AvgIpc) is 2.89. The normalized spacial score (nSPS) is 17.9. The van der Waals surface area contributed by atoms with E-state index in [4.69, 9.17) is 10.5 Å². The molecule has 1 fully saturated rings. The Balaban J connectivity index is 1.76. The lowest BCUT2D eigenvalue weighted by molar-refractivity contribution is -0.121. The number of imide groups is 1. The van der Waals surface area contributed by atoms with Gasteiger partial charge in [-0.3, -0.25) is 9.59 Å². The number of nitrogens with two attached hydrogens (primary N) is 1. The van der Waals surface area contributed by atoms with Crippen LogP contribution >= 0.6 is 11.8 Å². The number of hydrogen-bond acceptors (Lipinski definition) is 5. The second-order valence-corrected chi connectivity index (χ2v) is 6.59. The van der Waals surface area contributed by atoms with Crippen LogP contribution in [-0.4, -0.2) is 29.3 Å². The number of rotatable bonds is 4. The second kappa shape index (κ2) is 7.40. The molecule has 1 saturated heterocycles. The molecule has 1 heterocycles. The number of carbonyl (C=O) groups is 2. The number of amidine groups is 1. The fourth-order valence-corrected chi connectivity index (χ4v) is 3.40. The molecule has 0 saturated carbocycles. The van der Waals surface area contributed by atoms with Gasteiger partial charge in [0.05, 0.1) is 18.5 Å². The molecule has 128 valence electrons. The van der Waals surface area contributed by atoms with Crippen molar-refractivity contribution in [3.63, 3.8) is 0 Å². The first kappa shape index (κ1) is 17.0. The second-order valence-electron chi connectivity index (χ2n) is 5.37. The third-order valence-corrected chi connectivity index (χ3v) is 4.66. The molecule has 1 unspecified atom stereocenters. The zero-order valence-electron chi connectivity index (χ0n) is 13.6. The first-order valence-electron chi connectivity index (χ1n) is 7.65. The van der Waals surface area contributed by atoms with Crippen molar-refractivity contribution >= 4 is 40.1 Å².